The fourth-order valence-electron chi connectivity index (χ4n) is 2.59. The van der Waals surface area contributed by atoms with Gasteiger partial charge in [0.15, 0.2) is 11.6 Å². The number of carbonyl (C=O) groups is 1. The van der Waals surface area contributed by atoms with Crippen LogP contribution in [0.3, 0.4) is 0 Å². The van der Waals surface area contributed by atoms with Gasteiger partial charge in [0.25, 0.3) is 5.72 Å². The molecule has 3 rings (SSSR count). The SMILES string of the molecule is N#Cc1ccc(Oc2ccc(O[C@@]3(C(=O)O)CCCN3)cc2)c(F)c1. The molecule has 2 aromatic carbocycles. The van der Waals surface area contributed by atoms with Crippen LogP contribution in [-0.2, 0) is 4.79 Å². The highest BCUT2D eigenvalue weighted by Gasteiger charge is 2.43. The molecule has 0 aromatic heterocycles. The molecule has 7 heteroatoms. The smallest absolute Gasteiger partial charge is 0.363 e. The molecule has 2 N–H and O–H groups in total. The average molecular weight is 342 g/mol. The van der Waals surface area contributed by atoms with E-state index in [-0.39, 0.29) is 11.3 Å². The molecule has 25 heavy (non-hydrogen) atoms. The summed E-state index contributed by atoms with van der Waals surface area (Å²) in [4.78, 5) is 11.4. The van der Waals surface area contributed by atoms with Crippen LogP contribution in [0.5, 0.6) is 17.2 Å². The van der Waals surface area contributed by atoms with E-state index in [4.69, 9.17) is 14.7 Å². The molecule has 0 spiro atoms. The number of rotatable bonds is 5. The minimum atomic E-state index is -1.42. The van der Waals surface area contributed by atoms with Crippen molar-refractivity contribution in [1.29, 1.82) is 5.26 Å². The molecule has 0 bridgehead atoms. The number of nitrogens with zero attached hydrogens (tertiary/aromatic N) is 1. The Morgan fingerprint density at radius 3 is 2.52 bits per heavy atom. The molecule has 1 fully saturated rings. The van der Waals surface area contributed by atoms with Crippen LogP contribution in [0.15, 0.2) is 42.5 Å². The van der Waals surface area contributed by atoms with E-state index in [2.05, 4.69) is 5.32 Å². The lowest BCUT2D eigenvalue weighted by atomic mass is 10.1. The number of hydrogen-bond donors (Lipinski definition) is 2. The first kappa shape index (κ1) is 16.7. The van der Waals surface area contributed by atoms with Crippen LogP contribution in [0.4, 0.5) is 4.39 Å². The Hall–Kier alpha value is -3.11. The van der Waals surface area contributed by atoms with Gasteiger partial charge in [0.1, 0.15) is 11.5 Å². The predicted octanol–water partition coefficient (Wildman–Crippen LogP) is 3.03. The Morgan fingerprint density at radius 1 is 1.24 bits per heavy atom. The van der Waals surface area contributed by atoms with Crippen LogP contribution in [0.1, 0.15) is 18.4 Å². The monoisotopic (exact) mass is 342 g/mol. The molecule has 0 aliphatic carbocycles. The quantitative estimate of drug-likeness (QED) is 0.868. The molecule has 1 aliphatic rings. The van der Waals surface area contributed by atoms with Crippen molar-refractivity contribution < 1.29 is 23.8 Å². The van der Waals surface area contributed by atoms with Gasteiger partial charge in [-0.25, -0.2) is 9.18 Å². The van der Waals surface area contributed by atoms with Crippen LogP contribution >= 0.6 is 0 Å². The maximum atomic E-state index is 13.8. The maximum absolute atomic E-state index is 13.8. The normalized spacial score (nSPS) is 19.2. The predicted molar refractivity (Wildman–Crippen MR) is 85.9 cm³/mol. The van der Waals surface area contributed by atoms with Crippen LogP contribution in [0.25, 0.3) is 0 Å². The maximum Gasteiger partial charge on any atom is 0.363 e. The first-order valence-electron chi connectivity index (χ1n) is 7.67. The van der Waals surface area contributed by atoms with Crippen molar-refractivity contribution in [3.63, 3.8) is 0 Å². The Bertz CT molecular complexity index is 824. The molecule has 1 aliphatic heterocycles. The summed E-state index contributed by atoms with van der Waals surface area (Å²) in [6.45, 7) is 0.575. The summed E-state index contributed by atoms with van der Waals surface area (Å²) in [6.07, 6.45) is 1.09. The molecule has 0 saturated carbocycles. The zero-order valence-electron chi connectivity index (χ0n) is 13.2. The molecule has 1 atom stereocenters. The summed E-state index contributed by atoms with van der Waals surface area (Å²) >= 11 is 0. The van der Waals surface area contributed by atoms with E-state index < -0.39 is 17.5 Å². The van der Waals surface area contributed by atoms with E-state index in [9.17, 15) is 14.3 Å². The second kappa shape index (κ2) is 6.79. The van der Waals surface area contributed by atoms with E-state index in [1.807, 2.05) is 6.07 Å². The van der Waals surface area contributed by atoms with Gasteiger partial charge in [0.2, 0.25) is 0 Å². The fraction of sp³-hybridized carbons (Fsp3) is 0.222. The highest BCUT2D eigenvalue weighted by molar-refractivity contribution is 5.77. The van der Waals surface area contributed by atoms with Crippen LogP contribution in [0.2, 0.25) is 0 Å². The van der Waals surface area contributed by atoms with Crippen molar-refractivity contribution in [2.45, 2.75) is 18.6 Å². The van der Waals surface area contributed by atoms with Crippen molar-refractivity contribution in [2.24, 2.45) is 0 Å². The second-order valence-corrected chi connectivity index (χ2v) is 5.60. The van der Waals surface area contributed by atoms with E-state index in [0.717, 1.165) is 6.07 Å². The molecule has 1 heterocycles. The number of ether oxygens (including phenoxy) is 2. The molecule has 2 aromatic rings. The standard InChI is InChI=1S/C18H15FN2O4/c19-15-10-12(11-20)2-7-16(15)24-13-3-5-14(6-4-13)25-18(17(22)23)8-1-9-21-18/h2-7,10,21H,1,8-9H2,(H,22,23)/t18-/m1/s1. The van der Waals surface area contributed by atoms with Gasteiger partial charge in [-0.15, -0.1) is 0 Å². The van der Waals surface area contributed by atoms with Crippen molar-refractivity contribution in [1.82, 2.24) is 5.32 Å². The van der Waals surface area contributed by atoms with Crippen LogP contribution in [-0.4, -0.2) is 23.3 Å². The number of hydrogen-bond acceptors (Lipinski definition) is 5. The molecule has 128 valence electrons. The van der Waals surface area contributed by atoms with Crippen molar-refractivity contribution in [3.05, 3.63) is 53.8 Å². The fourth-order valence-corrected chi connectivity index (χ4v) is 2.59. The van der Waals surface area contributed by atoms with Gasteiger partial charge in [-0.1, -0.05) is 0 Å². The van der Waals surface area contributed by atoms with E-state index in [0.29, 0.717) is 30.9 Å². The summed E-state index contributed by atoms with van der Waals surface area (Å²) in [5.41, 5.74) is -1.21. The Balaban J connectivity index is 1.72. The minimum Gasteiger partial charge on any atom is -0.477 e. The molecule has 6 nitrogen and oxygen atoms in total. The highest BCUT2D eigenvalue weighted by Crippen LogP contribution is 2.29. The number of nitriles is 1. The van der Waals surface area contributed by atoms with Gasteiger partial charge >= 0.3 is 5.97 Å². The summed E-state index contributed by atoms with van der Waals surface area (Å²) < 4.78 is 24.9. The second-order valence-electron chi connectivity index (χ2n) is 5.60. The summed E-state index contributed by atoms with van der Waals surface area (Å²) in [5, 5.41) is 21.0. The van der Waals surface area contributed by atoms with Crippen LogP contribution in [0, 0.1) is 17.1 Å². The van der Waals surface area contributed by atoms with Gasteiger partial charge in [-0.3, -0.25) is 5.32 Å². The lowest BCUT2D eigenvalue weighted by molar-refractivity contribution is -0.157. The third-order valence-corrected chi connectivity index (χ3v) is 3.87. The Kier molecular flexibility index (Phi) is 4.55. The van der Waals surface area contributed by atoms with Gasteiger partial charge in [-0.05, 0) is 55.4 Å². The van der Waals surface area contributed by atoms with E-state index in [1.54, 1.807) is 24.3 Å². The zero-order valence-corrected chi connectivity index (χ0v) is 13.2. The average Bonchev–Trinajstić information content (AvgIpc) is 3.08. The Labute approximate surface area is 143 Å². The van der Waals surface area contributed by atoms with Crippen molar-refractivity contribution >= 4 is 5.97 Å². The number of carboxylic acid groups (broad SMARTS) is 1. The van der Waals surface area contributed by atoms with Crippen molar-refractivity contribution in [3.8, 4) is 23.3 Å². The van der Waals surface area contributed by atoms with E-state index in [1.165, 1.54) is 12.1 Å². The van der Waals surface area contributed by atoms with Gasteiger partial charge < -0.3 is 14.6 Å². The molecular formula is C18H15FN2O4. The van der Waals surface area contributed by atoms with Gasteiger partial charge in [0, 0.05) is 6.42 Å². The number of benzene rings is 2. The number of halogens is 1. The molecular weight excluding hydrogens is 327 g/mol. The first-order valence-corrected chi connectivity index (χ1v) is 7.67. The number of aliphatic carboxylic acids is 1. The molecule has 1 saturated heterocycles. The first-order chi connectivity index (χ1) is 12.0. The number of carboxylic acids is 1. The third kappa shape index (κ3) is 3.54. The Morgan fingerprint density at radius 2 is 1.96 bits per heavy atom. The van der Waals surface area contributed by atoms with Gasteiger partial charge in [0.05, 0.1) is 11.6 Å². The lowest BCUT2D eigenvalue weighted by Crippen LogP contribution is -2.52. The minimum absolute atomic E-state index is 0.00728. The molecule has 0 amide bonds. The molecule has 0 unspecified atom stereocenters. The van der Waals surface area contributed by atoms with Crippen LogP contribution < -0.4 is 14.8 Å². The van der Waals surface area contributed by atoms with E-state index >= 15 is 0 Å². The highest BCUT2D eigenvalue weighted by atomic mass is 19.1. The summed E-state index contributed by atoms with van der Waals surface area (Å²) in [7, 11) is 0. The largest absolute Gasteiger partial charge is 0.477 e. The summed E-state index contributed by atoms with van der Waals surface area (Å²) in [5.74, 6) is -0.986. The molecule has 0 radical (unpaired) electrons. The van der Waals surface area contributed by atoms with Gasteiger partial charge in [-0.2, -0.15) is 5.26 Å². The third-order valence-electron chi connectivity index (χ3n) is 3.87. The van der Waals surface area contributed by atoms with Crippen molar-refractivity contribution in [2.75, 3.05) is 6.54 Å². The topological polar surface area (TPSA) is 91.6 Å². The zero-order chi connectivity index (χ0) is 17.9. The lowest BCUT2D eigenvalue weighted by Gasteiger charge is -2.25. The summed E-state index contributed by atoms with van der Waals surface area (Å²) in [6, 6.07) is 12.0. The number of nitrogens with one attached hydrogen (secondary N) is 1.